The van der Waals surface area contributed by atoms with Crippen LogP contribution in [0.25, 0.3) is 16.7 Å². The Bertz CT molecular complexity index is 1230. The Morgan fingerprint density at radius 3 is 2.63 bits per heavy atom. The second kappa shape index (κ2) is 7.54. The smallest absolute Gasteiger partial charge is 0.406 e. The van der Waals surface area contributed by atoms with Crippen molar-refractivity contribution in [2.24, 2.45) is 0 Å². The van der Waals surface area contributed by atoms with Crippen LogP contribution in [0.5, 0.6) is 5.75 Å². The summed E-state index contributed by atoms with van der Waals surface area (Å²) in [7, 11) is 1.67. The van der Waals surface area contributed by atoms with E-state index in [1.165, 1.54) is 24.4 Å². The average Bonchev–Trinajstić information content (AvgIpc) is 3.12. The van der Waals surface area contributed by atoms with Gasteiger partial charge < -0.3 is 9.64 Å². The van der Waals surface area contributed by atoms with Crippen LogP contribution in [-0.2, 0) is 6.54 Å². The maximum absolute atomic E-state index is 12.5. The number of benzene rings is 2. The summed E-state index contributed by atoms with van der Waals surface area (Å²) < 4.78 is 42.9. The largest absolute Gasteiger partial charge is 0.573 e. The summed E-state index contributed by atoms with van der Waals surface area (Å²) in [6, 6.07) is 14.9. The quantitative estimate of drug-likeness (QED) is 0.539. The summed E-state index contributed by atoms with van der Waals surface area (Å²) in [5.41, 5.74) is 1.31. The number of alkyl halides is 3. The third-order valence-electron chi connectivity index (χ3n) is 4.34. The predicted octanol–water partition coefficient (Wildman–Crippen LogP) is 3.64. The molecule has 0 amide bonds. The van der Waals surface area contributed by atoms with Crippen LogP contribution in [0.3, 0.4) is 0 Å². The van der Waals surface area contributed by atoms with Crippen LogP contribution in [0.4, 0.5) is 19.1 Å². The number of para-hydroxylation sites is 1. The minimum absolute atomic E-state index is 0.197. The maximum atomic E-state index is 12.5. The van der Waals surface area contributed by atoms with Gasteiger partial charge in [0.2, 0.25) is 5.95 Å². The fourth-order valence-electron chi connectivity index (χ4n) is 3.04. The molecule has 2 aromatic heterocycles. The summed E-state index contributed by atoms with van der Waals surface area (Å²) in [5.74, 6) is -0.0558. The van der Waals surface area contributed by atoms with Crippen LogP contribution in [0.1, 0.15) is 5.56 Å². The van der Waals surface area contributed by atoms with E-state index >= 15 is 0 Å². The Morgan fingerprint density at radius 1 is 1.13 bits per heavy atom. The van der Waals surface area contributed by atoms with Crippen molar-refractivity contribution in [3.63, 3.8) is 0 Å². The lowest BCUT2D eigenvalue weighted by atomic mass is 10.2. The molecule has 0 spiro atoms. The Labute approximate surface area is 168 Å². The Kier molecular flexibility index (Phi) is 4.90. The van der Waals surface area contributed by atoms with Crippen molar-refractivity contribution in [3.8, 4) is 11.4 Å². The van der Waals surface area contributed by atoms with Crippen LogP contribution in [-0.4, -0.2) is 33.2 Å². The standard InChI is InChI=1S/C20H16F3N5O2/c1-27(12-13-6-5-9-15(10-13)30-20(21,22)23)19-25-17-16(18(29)26-19)11-24-28(17)14-7-3-2-4-8-14/h2-11H,12H2,1H3,(H,25,26,29). The Morgan fingerprint density at radius 2 is 1.90 bits per heavy atom. The summed E-state index contributed by atoms with van der Waals surface area (Å²) in [5, 5.41) is 4.58. The number of rotatable bonds is 5. The summed E-state index contributed by atoms with van der Waals surface area (Å²) in [4.78, 5) is 21.3. The molecule has 7 nitrogen and oxygen atoms in total. The van der Waals surface area contributed by atoms with E-state index in [4.69, 9.17) is 0 Å². The van der Waals surface area contributed by atoms with Gasteiger partial charge in [-0.05, 0) is 29.8 Å². The van der Waals surface area contributed by atoms with E-state index in [0.29, 0.717) is 16.6 Å². The predicted molar refractivity (Wildman–Crippen MR) is 105 cm³/mol. The number of anilines is 1. The lowest BCUT2D eigenvalue weighted by Gasteiger charge is -2.18. The van der Waals surface area contributed by atoms with E-state index in [0.717, 1.165) is 5.69 Å². The molecule has 4 aromatic rings. The molecule has 2 heterocycles. The van der Waals surface area contributed by atoms with Gasteiger partial charge in [0.25, 0.3) is 5.56 Å². The van der Waals surface area contributed by atoms with Gasteiger partial charge in [0, 0.05) is 13.6 Å². The molecule has 0 bridgehead atoms. The zero-order valence-electron chi connectivity index (χ0n) is 15.7. The monoisotopic (exact) mass is 415 g/mol. The lowest BCUT2D eigenvalue weighted by Crippen LogP contribution is -2.23. The Balaban J connectivity index is 1.65. The van der Waals surface area contributed by atoms with Crippen LogP contribution in [0, 0.1) is 0 Å². The third kappa shape index (κ3) is 4.12. The fourth-order valence-corrected chi connectivity index (χ4v) is 3.04. The van der Waals surface area contributed by atoms with Gasteiger partial charge in [-0.2, -0.15) is 10.1 Å². The number of hydrogen-bond acceptors (Lipinski definition) is 5. The molecule has 0 aliphatic carbocycles. The number of nitrogens with zero attached hydrogens (tertiary/aromatic N) is 4. The van der Waals surface area contributed by atoms with Crippen molar-refractivity contribution in [1.82, 2.24) is 19.7 Å². The van der Waals surface area contributed by atoms with Crippen molar-refractivity contribution in [3.05, 3.63) is 76.7 Å². The zero-order chi connectivity index (χ0) is 21.3. The second-order valence-electron chi connectivity index (χ2n) is 6.57. The molecule has 0 aliphatic heterocycles. The van der Waals surface area contributed by atoms with Gasteiger partial charge in [0.15, 0.2) is 5.65 Å². The highest BCUT2D eigenvalue weighted by molar-refractivity contribution is 5.76. The van der Waals surface area contributed by atoms with Crippen LogP contribution >= 0.6 is 0 Å². The SMILES string of the molecule is CN(Cc1cccc(OC(F)(F)F)c1)c1nc2c(cnn2-c2ccccc2)c(=O)[nH]1. The van der Waals surface area contributed by atoms with E-state index < -0.39 is 6.36 Å². The van der Waals surface area contributed by atoms with E-state index in [-0.39, 0.29) is 23.8 Å². The van der Waals surface area contributed by atoms with Gasteiger partial charge in [0.05, 0.1) is 11.9 Å². The van der Waals surface area contributed by atoms with Gasteiger partial charge in [-0.1, -0.05) is 30.3 Å². The summed E-state index contributed by atoms with van der Waals surface area (Å²) in [6.45, 7) is 0.197. The number of fused-ring (bicyclic) bond motifs is 1. The van der Waals surface area contributed by atoms with E-state index in [1.807, 2.05) is 30.3 Å². The molecule has 0 aliphatic rings. The highest BCUT2D eigenvalue weighted by Gasteiger charge is 2.31. The molecule has 0 saturated carbocycles. The van der Waals surface area contributed by atoms with Crippen LogP contribution < -0.4 is 15.2 Å². The normalized spacial score (nSPS) is 11.6. The summed E-state index contributed by atoms with van der Waals surface area (Å²) in [6.07, 6.45) is -3.33. The molecular formula is C20H16F3N5O2. The van der Waals surface area contributed by atoms with E-state index in [9.17, 15) is 18.0 Å². The Hall–Kier alpha value is -3.82. The second-order valence-corrected chi connectivity index (χ2v) is 6.57. The topological polar surface area (TPSA) is 76.0 Å². The molecule has 0 unspecified atom stereocenters. The van der Waals surface area contributed by atoms with Gasteiger partial charge in [-0.3, -0.25) is 9.78 Å². The molecule has 10 heteroatoms. The van der Waals surface area contributed by atoms with Gasteiger partial charge >= 0.3 is 6.36 Å². The minimum Gasteiger partial charge on any atom is -0.406 e. The molecule has 0 fully saturated rings. The van der Waals surface area contributed by atoms with Gasteiger partial charge in [0.1, 0.15) is 11.1 Å². The molecule has 1 N–H and O–H groups in total. The molecule has 0 saturated heterocycles. The number of H-pyrrole nitrogens is 1. The fraction of sp³-hybridized carbons (Fsp3) is 0.150. The third-order valence-corrected chi connectivity index (χ3v) is 4.34. The molecule has 0 radical (unpaired) electrons. The number of aromatic amines is 1. The van der Waals surface area contributed by atoms with Crippen molar-refractivity contribution < 1.29 is 17.9 Å². The first-order valence-corrected chi connectivity index (χ1v) is 8.89. The maximum Gasteiger partial charge on any atom is 0.573 e. The van der Waals surface area contributed by atoms with Crippen molar-refractivity contribution >= 4 is 17.0 Å². The van der Waals surface area contributed by atoms with E-state index in [1.54, 1.807) is 22.7 Å². The lowest BCUT2D eigenvalue weighted by molar-refractivity contribution is -0.274. The average molecular weight is 415 g/mol. The van der Waals surface area contributed by atoms with Crippen LogP contribution in [0.2, 0.25) is 0 Å². The van der Waals surface area contributed by atoms with Crippen LogP contribution in [0.15, 0.2) is 65.6 Å². The molecule has 30 heavy (non-hydrogen) atoms. The van der Waals surface area contributed by atoms with E-state index in [2.05, 4.69) is 19.8 Å². The number of aromatic nitrogens is 4. The molecule has 0 atom stereocenters. The van der Waals surface area contributed by atoms with Crippen molar-refractivity contribution in [1.29, 1.82) is 0 Å². The minimum atomic E-state index is -4.77. The zero-order valence-corrected chi connectivity index (χ0v) is 15.7. The molecule has 2 aromatic carbocycles. The molecule has 154 valence electrons. The number of nitrogens with one attached hydrogen (secondary N) is 1. The number of hydrogen-bond donors (Lipinski definition) is 1. The highest BCUT2D eigenvalue weighted by atomic mass is 19.4. The summed E-state index contributed by atoms with van der Waals surface area (Å²) >= 11 is 0. The van der Waals surface area contributed by atoms with Gasteiger partial charge in [-0.15, -0.1) is 13.2 Å². The highest BCUT2D eigenvalue weighted by Crippen LogP contribution is 2.24. The number of ether oxygens (including phenoxy) is 1. The first kappa shape index (κ1) is 19.5. The molecular weight excluding hydrogens is 399 g/mol. The molecule has 4 rings (SSSR count). The first-order valence-electron chi connectivity index (χ1n) is 8.89. The first-order chi connectivity index (χ1) is 14.3. The van der Waals surface area contributed by atoms with Crippen molar-refractivity contribution in [2.45, 2.75) is 12.9 Å². The van der Waals surface area contributed by atoms with Gasteiger partial charge in [-0.25, -0.2) is 4.68 Å². The number of halogens is 3. The van der Waals surface area contributed by atoms with Crippen molar-refractivity contribution in [2.75, 3.05) is 11.9 Å².